The third-order valence-corrected chi connectivity index (χ3v) is 7.32. The summed E-state index contributed by atoms with van der Waals surface area (Å²) in [7, 11) is -1.35. The summed E-state index contributed by atoms with van der Waals surface area (Å²) in [6.07, 6.45) is 0.501. The van der Waals surface area contributed by atoms with E-state index < -0.39 is 15.1 Å². The van der Waals surface area contributed by atoms with Gasteiger partial charge in [-0.1, -0.05) is 30.0 Å². The Balaban J connectivity index is 1.74. The normalized spacial score (nSPS) is 20.0. The summed E-state index contributed by atoms with van der Waals surface area (Å²) in [6, 6.07) is 9.49. The van der Waals surface area contributed by atoms with Gasteiger partial charge in [-0.15, -0.1) is 10.2 Å². The molecule has 26 heavy (non-hydrogen) atoms. The zero-order valence-electron chi connectivity index (χ0n) is 15.0. The second kappa shape index (κ2) is 7.40. The lowest BCUT2D eigenvalue weighted by Crippen LogP contribution is -2.41. The topological polar surface area (TPSA) is 85.2 Å². The minimum atomic E-state index is -3.03. The van der Waals surface area contributed by atoms with Crippen LogP contribution in [0.25, 0.3) is 5.69 Å². The van der Waals surface area contributed by atoms with Crippen LogP contribution in [-0.2, 0) is 14.6 Å². The van der Waals surface area contributed by atoms with Crippen molar-refractivity contribution in [1.29, 1.82) is 0 Å². The van der Waals surface area contributed by atoms with Crippen LogP contribution in [0.15, 0.2) is 35.5 Å². The van der Waals surface area contributed by atoms with Crippen molar-refractivity contribution in [3.8, 4) is 5.69 Å². The number of aryl methyl sites for hydroxylation is 1. The number of para-hydroxylation sites is 1. The number of carbonyl (C=O) groups is 1. The van der Waals surface area contributed by atoms with Crippen molar-refractivity contribution in [3.63, 3.8) is 0 Å². The first-order valence-electron chi connectivity index (χ1n) is 8.39. The Hall–Kier alpha value is -1.87. The zero-order chi connectivity index (χ0) is 18.9. The number of amides is 1. The molecule has 0 spiro atoms. The van der Waals surface area contributed by atoms with Crippen molar-refractivity contribution in [2.24, 2.45) is 0 Å². The fraction of sp³-hybridized carbons (Fsp3) is 0.471. The van der Waals surface area contributed by atoms with Crippen molar-refractivity contribution >= 4 is 27.5 Å². The number of carbonyl (C=O) groups excluding carboxylic acids is 1. The Labute approximate surface area is 157 Å². The molecule has 9 heteroatoms. The summed E-state index contributed by atoms with van der Waals surface area (Å²) in [4.78, 5) is 14.3. The highest BCUT2D eigenvalue weighted by Gasteiger charge is 2.34. The van der Waals surface area contributed by atoms with Gasteiger partial charge in [-0.05, 0) is 32.4 Å². The molecule has 2 heterocycles. The molecule has 1 aromatic heterocycles. The average molecular weight is 395 g/mol. The first-order chi connectivity index (χ1) is 12.3. The second-order valence-corrected chi connectivity index (χ2v) is 10.0. The number of hydrogen-bond acceptors (Lipinski definition) is 6. The number of thioether (sulfide) groups is 1. The largest absolute Gasteiger partial charge is 0.341 e. The van der Waals surface area contributed by atoms with E-state index in [0.717, 1.165) is 11.5 Å². The molecule has 140 valence electrons. The number of aromatic nitrogens is 3. The molecule has 1 aliphatic rings. The molecule has 0 unspecified atom stereocenters. The van der Waals surface area contributed by atoms with Gasteiger partial charge in [-0.2, -0.15) is 0 Å². The van der Waals surface area contributed by atoms with Gasteiger partial charge in [0.25, 0.3) is 0 Å². The number of sulfone groups is 1. The third kappa shape index (κ3) is 3.93. The van der Waals surface area contributed by atoms with Crippen molar-refractivity contribution in [3.05, 3.63) is 36.2 Å². The van der Waals surface area contributed by atoms with Crippen LogP contribution in [0, 0.1) is 6.92 Å². The predicted molar refractivity (Wildman–Crippen MR) is 101 cm³/mol. The fourth-order valence-electron chi connectivity index (χ4n) is 3.05. The van der Waals surface area contributed by atoms with E-state index in [1.165, 1.54) is 11.8 Å². The second-order valence-electron chi connectivity index (χ2n) is 6.47. The molecule has 0 N–H and O–H groups in total. The van der Waals surface area contributed by atoms with E-state index in [2.05, 4.69) is 10.2 Å². The van der Waals surface area contributed by atoms with Crippen molar-refractivity contribution in [2.75, 3.05) is 18.6 Å². The van der Waals surface area contributed by atoms with Gasteiger partial charge in [0.05, 0.1) is 16.8 Å². The van der Waals surface area contributed by atoms with Crippen LogP contribution in [0.5, 0.6) is 0 Å². The van der Waals surface area contributed by atoms with Gasteiger partial charge in [-0.25, -0.2) is 8.42 Å². The summed E-state index contributed by atoms with van der Waals surface area (Å²) in [5.41, 5.74) is 0.937. The number of benzene rings is 1. The van der Waals surface area contributed by atoms with Gasteiger partial charge in [0.1, 0.15) is 5.82 Å². The number of rotatable bonds is 5. The van der Waals surface area contributed by atoms with Crippen LogP contribution >= 0.6 is 11.8 Å². The Kier molecular flexibility index (Phi) is 5.38. The molecule has 2 aromatic rings. The lowest BCUT2D eigenvalue weighted by atomic mass is 10.2. The standard InChI is InChI=1S/C17H22N4O3S2/c1-12(16(22)20(3)15-9-10-26(23,24)11-15)25-17-19-18-13(2)21(17)14-7-5-4-6-8-14/h4-8,12,15H,9-11H2,1-3H3/t12-,15-/m0/s1. The first-order valence-corrected chi connectivity index (χ1v) is 11.1. The van der Waals surface area contributed by atoms with Crippen LogP contribution in [-0.4, -0.2) is 63.8 Å². The average Bonchev–Trinajstić information content (AvgIpc) is 3.16. The van der Waals surface area contributed by atoms with E-state index in [-0.39, 0.29) is 23.5 Å². The van der Waals surface area contributed by atoms with E-state index in [1.807, 2.05) is 48.7 Å². The van der Waals surface area contributed by atoms with Crippen LogP contribution in [0.1, 0.15) is 19.2 Å². The highest BCUT2D eigenvalue weighted by molar-refractivity contribution is 8.00. The third-order valence-electron chi connectivity index (χ3n) is 4.54. The highest BCUT2D eigenvalue weighted by atomic mass is 32.2. The van der Waals surface area contributed by atoms with Gasteiger partial charge in [-0.3, -0.25) is 9.36 Å². The monoisotopic (exact) mass is 394 g/mol. The summed E-state index contributed by atoms with van der Waals surface area (Å²) in [6.45, 7) is 3.68. The van der Waals surface area contributed by atoms with Crippen LogP contribution in [0.3, 0.4) is 0 Å². The molecule has 2 atom stereocenters. The molecule has 1 aliphatic heterocycles. The molecular formula is C17H22N4O3S2. The Bertz CT molecular complexity index is 896. The van der Waals surface area contributed by atoms with Crippen LogP contribution in [0.2, 0.25) is 0 Å². The molecule has 1 aromatic carbocycles. The van der Waals surface area contributed by atoms with Crippen molar-refractivity contribution < 1.29 is 13.2 Å². The number of hydrogen-bond donors (Lipinski definition) is 0. The molecule has 1 amide bonds. The molecule has 0 aliphatic carbocycles. The van der Waals surface area contributed by atoms with Gasteiger partial charge in [0.15, 0.2) is 15.0 Å². The maximum absolute atomic E-state index is 12.8. The summed E-state index contributed by atoms with van der Waals surface area (Å²) in [5, 5.41) is 8.58. The summed E-state index contributed by atoms with van der Waals surface area (Å²) >= 11 is 1.33. The summed E-state index contributed by atoms with van der Waals surface area (Å²) < 4.78 is 25.2. The lowest BCUT2D eigenvalue weighted by molar-refractivity contribution is -0.130. The fourth-order valence-corrected chi connectivity index (χ4v) is 5.84. The van der Waals surface area contributed by atoms with Gasteiger partial charge >= 0.3 is 0 Å². The Morgan fingerprint density at radius 2 is 2.00 bits per heavy atom. The minimum absolute atomic E-state index is 0.0476. The van der Waals surface area contributed by atoms with E-state index in [0.29, 0.717) is 11.6 Å². The van der Waals surface area contributed by atoms with Crippen molar-refractivity contribution in [2.45, 2.75) is 36.7 Å². The molecule has 0 saturated carbocycles. The molecule has 0 bridgehead atoms. The van der Waals surface area contributed by atoms with Gasteiger partial charge in [0.2, 0.25) is 5.91 Å². The summed E-state index contributed by atoms with van der Waals surface area (Å²) in [5.74, 6) is 0.843. The Morgan fingerprint density at radius 1 is 1.31 bits per heavy atom. The van der Waals surface area contributed by atoms with Crippen LogP contribution < -0.4 is 0 Å². The van der Waals surface area contributed by atoms with E-state index in [1.54, 1.807) is 11.9 Å². The van der Waals surface area contributed by atoms with E-state index >= 15 is 0 Å². The van der Waals surface area contributed by atoms with Crippen LogP contribution in [0.4, 0.5) is 0 Å². The molecular weight excluding hydrogens is 372 g/mol. The maximum atomic E-state index is 12.8. The molecule has 0 radical (unpaired) electrons. The van der Waals surface area contributed by atoms with Gasteiger partial charge < -0.3 is 4.90 Å². The molecule has 1 saturated heterocycles. The lowest BCUT2D eigenvalue weighted by Gasteiger charge is -2.26. The van der Waals surface area contributed by atoms with Crippen molar-refractivity contribution in [1.82, 2.24) is 19.7 Å². The molecule has 7 nitrogen and oxygen atoms in total. The SMILES string of the molecule is Cc1nnc(S[C@@H](C)C(=O)N(C)[C@H]2CCS(=O)(=O)C2)n1-c1ccccc1. The Morgan fingerprint density at radius 3 is 2.62 bits per heavy atom. The number of nitrogens with zero attached hydrogens (tertiary/aromatic N) is 4. The maximum Gasteiger partial charge on any atom is 0.235 e. The smallest absolute Gasteiger partial charge is 0.235 e. The molecule has 1 fully saturated rings. The van der Waals surface area contributed by atoms with Gasteiger partial charge in [0, 0.05) is 18.8 Å². The van der Waals surface area contributed by atoms with E-state index in [4.69, 9.17) is 0 Å². The van der Waals surface area contributed by atoms with E-state index in [9.17, 15) is 13.2 Å². The first kappa shape index (κ1) is 18.9. The zero-order valence-corrected chi connectivity index (χ0v) is 16.6. The highest BCUT2D eigenvalue weighted by Crippen LogP contribution is 2.27. The quantitative estimate of drug-likeness (QED) is 0.718. The minimum Gasteiger partial charge on any atom is -0.341 e. The predicted octanol–water partition coefficient (Wildman–Crippen LogP) is 1.70. The molecule has 3 rings (SSSR count).